The Bertz CT molecular complexity index is 475. The third-order valence-electron chi connectivity index (χ3n) is 2.58. The lowest BCUT2D eigenvalue weighted by molar-refractivity contribution is -0.141. The van der Waals surface area contributed by atoms with Gasteiger partial charge in [-0.2, -0.15) is 0 Å². The highest BCUT2D eigenvalue weighted by atomic mass is 16.5. The second-order valence-electron chi connectivity index (χ2n) is 3.68. The second-order valence-corrected chi connectivity index (χ2v) is 3.68. The lowest BCUT2D eigenvalue weighted by Gasteiger charge is -2.23. The van der Waals surface area contributed by atoms with Crippen molar-refractivity contribution in [2.75, 3.05) is 0 Å². The zero-order valence-electron chi connectivity index (χ0n) is 8.64. The number of hydrogen-bond donors (Lipinski definition) is 1. The number of ketones is 1. The summed E-state index contributed by atoms with van der Waals surface area (Å²) in [5.41, 5.74) is -0.567. The lowest BCUT2D eigenvalue weighted by atomic mass is 9.92. The molecule has 0 saturated heterocycles. The van der Waals surface area contributed by atoms with E-state index in [1.54, 1.807) is 31.2 Å². The molecular weight excluding hydrogens is 208 g/mol. The third kappa shape index (κ3) is 1.48. The van der Waals surface area contributed by atoms with Gasteiger partial charge in [0.05, 0.1) is 0 Å². The molecule has 0 radical (unpaired) electrons. The van der Waals surface area contributed by atoms with E-state index < -0.39 is 11.6 Å². The zero-order chi connectivity index (χ0) is 11.8. The van der Waals surface area contributed by atoms with Gasteiger partial charge in [0.15, 0.2) is 5.60 Å². The van der Waals surface area contributed by atoms with Crippen LogP contribution in [0, 0.1) is 0 Å². The van der Waals surface area contributed by atoms with E-state index in [2.05, 4.69) is 0 Å². The van der Waals surface area contributed by atoms with Crippen molar-refractivity contribution in [2.24, 2.45) is 0 Å². The molecule has 1 N–H and O–H groups in total. The Morgan fingerprint density at radius 2 is 1.94 bits per heavy atom. The van der Waals surface area contributed by atoms with Gasteiger partial charge >= 0.3 is 5.97 Å². The largest absolute Gasteiger partial charge is 0.475 e. The Balaban J connectivity index is 2.38. The Morgan fingerprint density at radius 3 is 2.44 bits per heavy atom. The van der Waals surface area contributed by atoms with Gasteiger partial charge in [0, 0.05) is 11.6 Å². The Labute approximate surface area is 92.2 Å². The van der Waals surface area contributed by atoms with Crippen molar-refractivity contribution >= 4 is 11.8 Å². The molecular formula is C12H10O4. The summed E-state index contributed by atoms with van der Waals surface area (Å²) < 4.78 is 5.22. The highest BCUT2D eigenvalue weighted by molar-refractivity contribution is 6.05. The van der Waals surface area contributed by atoms with E-state index >= 15 is 0 Å². The lowest BCUT2D eigenvalue weighted by Crippen LogP contribution is -2.30. The van der Waals surface area contributed by atoms with E-state index in [9.17, 15) is 9.59 Å². The van der Waals surface area contributed by atoms with Crippen LogP contribution >= 0.6 is 0 Å². The van der Waals surface area contributed by atoms with E-state index in [1.165, 1.54) is 0 Å². The maximum atomic E-state index is 11.7. The summed E-state index contributed by atoms with van der Waals surface area (Å²) in [5.74, 6) is -1.89. The number of hydrogen-bond acceptors (Lipinski definition) is 3. The first-order chi connectivity index (χ1) is 7.54. The van der Waals surface area contributed by atoms with Crippen molar-refractivity contribution in [3.63, 3.8) is 0 Å². The number of carbonyl (C=O) groups is 2. The number of rotatable bonds is 2. The fourth-order valence-electron chi connectivity index (χ4n) is 1.62. The van der Waals surface area contributed by atoms with Crippen LogP contribution < -0.4 is 0 Å². The average Bonchev–Trinajstić information content (AvgIpc) is 2.58. The third-order valence-corrected chi connectivity index (χ3v) is 2.58. The molecule has 0 saturated carbocycles. The molecule has 1 aromatic rings. The minimum atomic E-state index is -1.23. The zero-order valence-corrected chi connectivity index (χ0v) is 8.64. The van der Waals surface area contributed by atoms with Crippen LogP contribution in [-0.4, -0.2) is 16.9 Å². The normalized spacial score (nSPS) is 23.8. The summed E-state index contributed by atoms with van der Waals surface area (Å²) in [4.78, 5) is 22.5. The van der Waals surface area contributed by atoms with E-state index in [4.69, 9.17) is 9.84 Å². The highest BCUT2D eigenvalue weighted by Crippen LogP contribution is 2.34. The van der Waals surface area contributed by atoms with Crippen molar-refractivity contribution in [1.29, 1.82) is 0 Å². The maximum Gasteiger partial charge on any atom is 0.371 e. The van der Waals surface area contributed by atoms with Crippen LogP contribution in [0.25, 0.3) is 0 Å². The summed E-state index contributed by atoms with van der Waals surface area (Å²) in [6, 6.07) is 8.83. The summed E-state index contributed by atoms with van der Waals surface area (Å²) in [6.07, 6.45) is 1.02. The number of carboxylic acid groups (broad SMARTS) is 1. The molecule has 1 heterocycles. The van der Waals surface area contributed by atoms with Gasteiger partial charge < -0.3 is 9.84 Å². The minimum absolute atomic E-state index is 0.309. The molecule has 0 unspecified atom stereocenters. The topological polar surface area (TPSA) is 63.6 Å². The molecule has 0 bridgehead atoms. The van der Waals surface area contributed by atoms with Gasteiger partial charge in [-0.15, -0.1) is 0 Å². The van der Waals surface area contributed by atoms with Crippen LogP contribution in [0.4, 0.5) is 0 Å². The first-order valence-electron chi connectivity index (χ1n) is 4.78. The SMILES string of the molecule is C[C@]1(c2ccccc2)OC(C(=O)O)=CC1=O. The predicted molar refractivity (Wildman–Crippen MR) is 55.6 cm³/mol. The molecule has 0 fully saturated rings. The van der Waals surface area contributed by atoms with Gasteiger partial charge in [0.25, 0.3) is 0 Å². The maximum absolute atomic E-state index is 11.7. The number of carboxylic acids is 1. The first kappa shape index (κ1) is 10.4. The monoisotopic (exact) mass is 218 g/mol. The molecule has 1 aromatic carbocycles. The smallest absolute Gasteiger partial charge is 0.371 e. The average molecular weight is 218 g/mol. The van der Waals surface area contributed by atoms with Crippen LogP contribution in [0.1, 0.15) is 12.5 Å². The number of aliphatic carboxylic acids is 1. The number of benzene rings is 1. The molecule has 2 rings (SSSR count). The molecule has 0 aliphatic carbocycles. The molecule has 1 aliphatic rings. The first-order valence-corrected chi connectivity index (χ1v) is 4.78. The van der Waals surface area contributed by atoms with E-state index in [0.717, 1.165) is 6.08 Å². The van der Waals surface area contributed by atoms with E-state index in [1.807, 2.05) is 6.07 Å². The minimum Gasteiger partial charge on any atom is -0.475 e. The molecule has 82 valence electrons. The molecule has 0 spiro atoms. The molecule has 16 heavy (non-hydrogen) atoms. The van der Waals surface area contributed by atoms with E-state index in [0.29, 0.717) is 5.56 Å². The van der Waals surface area contributed by atoms with Crippen molar-refractivity contribution < 1.29 is 19.4 Å². The number of ether oxygens (including phenoxy) is 1. The van der Waals surface area contributed by atoms with Crippen LogP contribution in [0.2, 0.25) is 0 Å². The summed E-state index contributed by atoms with van der Waals surface area (Å²) in [5, 5.41) is 8.76. The van der Waals surface area contributed by atoms with Crippen molar-refractivity contribution in [3.8, 4) is 0 Å². The van der Waals surface area contributed by atoms with Gasteiger partial charge in [-0.05, 0) is 6.92 Å². The van der Waals surface area contributed by atoms with Crippen molar-refractivity contribution in [1.82, 2.24) is 0 Å². The Kier molecular flexibility index (Phi) is 2.27. The molecule has 0 amide bonds. The van der Waals surface area contributed by atoms with Crippen molar-refractivity contribution in [3.05, 3.63) is 47.7 Å². The van der Waals surface area contributed by atoms with Gasteiger partial charge in [-0.25, -0.2) is 4.79 Å². The van der Waals surface area contributed by atoms with Crippen molar-refractivity contribution in [2.45, 2.75) is 12.5 Å². The van der Waals surface area contributed by atoms with Crippen LogP contribution in [0.3, 0.4) is 0 Å². The summed E-state index contributed by atoms with van der Waals surface area (Å²) in [6.45, 7) is 1.57. The van der Waals surface area contributed by atoms with Gasteiger partial charge in [-0.1, -0.05) is 30.3 Å². The Morgan fingerprint density at radius 1 is 1.31 bits per heavy atom. The van der Waals surface area contributed by atoms with E-state index in [-0.39, 0.29) is 11.5 Å². The van der Waals surface area contributed by atoms with Gasteiger partial charge in [0.1, 0.15) is 0 Å². The number of carbonyl (C=O) groups excluding carboxylic acids is 1. The fraction of sp³-hybridized carbons (Fsp3) is 0.167. The van der Waals surface area contributed by atoms with Crippen LogP contribution in [-0.2, 0) is 19.9 Å². The Hall–Kier alpha value is -2.10. The molecule has 0 aromatic heterocycles. The molecule has 4 heteroatoms. The van der Waals surface area contributed by atoms with Crippen LogP contribution in [0.15, 0.2) is 42.2 Å². The summed E-state index contributed by atoms with van der Waals surface area (Å²) >= 11 is 0. The molecule has 1 atom stereocenters. The van der Waals surface area contributed by atoms with Gasteiger partial charge in [-0.3, -0.25) is 4.79 Å². The second kappa shape index (κ2) is 3.48. The molecule has 1 aliphatic heterocycles. The fourth-order valence-corrected chi connectivity index (χ4v) is 1.62. The van der Waals surface area contributed by atoms with Gasteiger partial charge in [0.2, 0.25) is 11.5 Å². The standard InChI is InChI=1S/C12H10O4/c1-12(8-5-3-2-4-6-8)10(13)7-9(16-12)11(14)15/h2-7H,1H3,(H,14,15)/t12-/m1/s1. The quantitative estimate of drug-likeness (QED) is 0.816. The highest BCUT2D eigenvalue weighted by Gasteiger charge is 2.43. The summed E-state index contributed by atoms with van der Waals surface area (Å²) in [7, 11) is 0. The predicted octanol–water partition coefficient (Wildman–Crippen LogP) is 1.47. The van der Waals surface area contributed by atoms with Crippen LogP contribution in [0.5, 0.6) is 0 Å². The molecule has 4 nitrogen and oxygen atoms in total.